The molecule has 6 N–H and O–H groups in total. The first-order valence-corrected chi connectivity index (χ1v) is 11.4. The molecule has 2 atom stereocenters. The first-order valence-electron chi connectivity index (χ1n) is 11.0. The zero-order chi connectivity index (χ0) is 23.8. The van der Waals surface area contributed by atoms with E-state index in [-0.39, 0.29) is 22.3 Å². The Morgan fingerprint density at radius 2 is 1.79 bits per heavy atom. The molecule has 0 radical (unpaired) electrons. The number of hydrogen-bond donors (Lipinski definition) is 4. The summed E-state index contributed by atoms with van der Waals surface area (Å²) in [6.07, 6.45) is 2.86. The van der Waals surface area contributed by atoms with Crippen molar-refractivity contribution in [3.05, 3.63) is 76.2 Å². The summed E-state index contributed by atoms with van der Waals surface area (Å²) >= 11 is 5.82. The van der Waals surface area contributed by atoms with Gasteiger partial charge in [0.15, 0.2) is 0 Å². The number of halogens is 2. The predicted octanol–water partition coefficient (Wildman–Crippen LogP) is 3.94. The van der Waals surface area contributed by atoms with E-state index in [0.29, 0.717) is 36.1 Å². The van der Waals surface area contributed by atoms with Crippen LogP contribution in [0.1, 0.15) is 31.2 Å². The van der Waals surface area contributed by atoms with Crippen molar-refractivity contribution in [1.29, 1.82) is 0 Å². The van der Waals surface area contributed by atoms with Crippen LogP contribution in [0.4, 0.5) is 10.1 Å². The number of nitrogens with two attached hydrogens (primary N) is 2. The lowest BCUT2D eigenvalue weighted by molar-refractivity contribution is -0.112. The number of amidine groups is 1. The number of allylic oxidation sites excluding steroid dienone is 1. The number of rotatable bonds is 5. The molecular weight excluding hydrogens is 443 g/mol. The minimum atomic E-state index is -0.827. The molecule has 174 valence electrons. The molecule has 1 amide bonds. The van der Waals surface area contributed by atoms with Gasteiger partial charge in [0.2, 0.25) is 0 Å². The Morgan fingerprint density at radius 3 is 2.36 bits per heavy atom. The number of carbonyl (C=O) groups is 1. The topological polar surface area (TPSA) is 114 Å². The molecule has 2 aromatic rings. The van der Waals surface area contributed by atoms with Crippen molar-refractivity contribution in [2.75, 3.05) is 12.4 Å². The Kier molecular flexibility index (Phi) is 6.45. The van der Waals surface area contributed by atoms with E-state index in [1.54, 1.807) is 0 Å². The third kappa shape index (κ3) is 4.61. The molecule has 2 aromatic carbocycles. The van der Waals surface area contributed by atoms with Gasteiger partial charge < -0.3 is 21.9 Å². The molecule has 0 aliphatic heterocycles. The van der Waals surface area contributed by atoms with Crippen molar-refractivity contribution in [3.8, 4) is 0 Å². The molecule has 0 saturated heterocycles. The van der Waals surface area contributed by atoms with Crippen LogP contribution in [0.3, 0.4) is 0 Å². The van der Waals surface area contributed by atoms with E-state index in [1.807, 2.05) is 30.3 Å². The molecule has 2 aliphatic rings. The summed E-state index contributed by atoms with van der Waals surface area (Å²) in [6.45, 7) is 0. The fraction of sp³-hybridized carbons (Fsp3) is 0.360. The second-order valence-corrected chi connectivity index (χ2v) is 9.42. The maximum Gasteiger partial charge on any atom is 0.261 e. The lowest BCUT2D eigenvalue weighted by Gasteiger charge is -2.26. The highest BCUT2D eigenvalue weighted by Crippen LogP contribution is 2.55. The van der Waals surface area contributed by atoms with Gasteiger partial charge in [0.05, 0.1) is 10.6 Å². The average molecular weight is 471 g/mol. The Morgan fingerprint density at radius 1 is 1.15 bits per heavy atom. The summed E-state index contributed by atoms with van der Waals surface area (Å²) < 4.78 is 13.5. The fourth-order valence-electron chi connectivity index (χ4n) is 5.38. The van der Waals surface area contributed by atoms with E-state index in [2.05, 4.69) is 10.3 Å². The van der Waals surface area contributed by atoms with Crippen LogP contribution >= 0.6 is 11.6 Å². The monoisotopic (exact) mass is 470 g/mol. The van der Waals surface area contributed by atoms with E-state index < -0.39 is 17.3 Å². The number of aliphatic imine (C=N–C) groups is 1. The van der Waals surface area contributed by atoms with Crippen molar-refractivity contribution in [2.45, 2.75) is 31.3 Å². The van der Waals surface area contributed by atoms with Gasteiger partial charge in [-0.1, -0.05) is 41.9 Å². The van der Waals surface area contributed by atoms with Gasteiger partial charge in [-0.15, -0.1) is 0 Å². The van der Waals surface area contributed by atoms with Crippen molar-refractivity contribution in [1.82, 2.24) is 0 Å². The number of amides is 1. The quantitative estimate of drug-likeness (QED) is 0.301. The van der Waals surface area contributed by atoms with E-state index in [4.69, 9.17) is 23.1 Å². The number of anilines is 1. The number of nitrogens with zero attached hydrogens (tertiary/aromatic N) is 1. The summed E-state index contributed by atoms with van der Waals surface area (Å²) in [5, 5.41) is 13.8. The Labute approximate surface area is 197 Å². The summed E-state index contributed by atoms with van der Waals surface area (Å²) in [6, 6.07) is 13.7. The van der Waals surface area contributed by atoms with E-state index >= 15 is 0 Å². The smallest absolute Gasteiger partial charge is 0.261 e. The number of benzene rings is 2. The van der Waals surface area contributed by atoms with E-state index in [0.717, 1.165) is 18.4 Å². The molecule has 0 bridgehead atoms. The van der Waals surface area contributed by atoms with Gasteiger partial charge in [-0.05, 0) is 67.2 Å². The maximum atomic E-state index is 13.5. The normalized spacial score (nSPS) is 27.8. The zero-order valence-corrected chi connectivity index (χ0v) is 19.1. The van der Waals surface area contributed by atoms with Crippen LogP contribution < -0.4 is 16.8 Å². The molecule has 2 unspecified atom stereocenters. The van der Waals surface area contributed by atoms with Gasteiger partial charge in [-0.3, -0.25) is 9.79 Å². The van der Waals surface area contributed by atoms with Gasteiger partial charge in [-0.25, -0.2) is 4.39 Å². The third-order valence-electron chi connectivity index (χ3n) is 6.98. The number of hydrogen-bond acceptors (Lipinski definition) is 4. The van der Waals surface area contributed by atoms with Crippen molar-refractivity contribution < 1.29 is 14.3 Å². The average Bonchev–Trinajstić information content (AvgIpc) is 3.32. The second-order valence-electron chi connectivity index (χ2n) is 9.02. The molecule has 33 heavy (non-hydrogen) atoms. The molecular formula is C25H28ClFN4O2. The molecule has 0 aromatic heterocycles. The molecule has 6 nitrogen and oxygen atoms in total. The number of fused-ring (bicyclic) bond motifs is 1. The van der Waals surface area contributed by atoms with Crippen LogP contribution in [0.25, 0.3) is 0 Å². The molecule has 2 aliphatic carbocycles. The fourth-order valence-corrected chi connectivity index (χ4v) is 5.56. The first kappa shape index (κ1) is 23.3. The lowest BCUT2D eigenvalue weighted by Crippen LogP contribution is -2.31. The van der Waals surface area contributed by atoms with Crippen LogP contribution in [0.15, 0.2) is 64.8 Å². The molecule has 4 rings (SSSR count). The van der Waals surface area contributed by atoms with Crippen molar-refractivity contribution >= 4 is 29.0 Å². The van der Waals surface area contributed by atoms with Gasteiger partial charge in [-0.2, -0.15) is 0 Å². The largest absolute Gasteiger partial charge is 0.401 e. The number of carbonyl (C=O) groups excluding carboxylic acids is 1. The Balaban J connectivity index is 1.53. The predicted molar refractivity (Wildman–Crippen MR) is 128 cm³/mol. The van der Waals surface area contributed by atoms with E-state index in [9.17, 15) is 14.3 Å². The number of nitrogens with one attached hydrogen (secondary N) is 1. The third-order valence-corrected chi connectivity index (χ3v) is 7.27. The zero-order valence-electron chi connectivity index (χ0n) is 18.4. The van der Waals surface area contributed by atoms with Gasteiger partial charge in [0.25, 0.3) is 5.91 Å². The summed E-state index contributed by atoms with van der Waals surface area (Å²) in [4.78, 5) is 17.0. The highest BCUT2D eigenvalue weighted by Gasteiger charge is 2.50. The van der Waals surface area contributed by atoms with Gasteiger partial charge in [0, 0.05) is 18.4 Å². The highest BCUT2D eigenvalue weighted by atomic mass is 35.5. The van der Waals surface area contributed by atoms with Crippen LogP contribution in [-0.2, 0) is 10.4 Å². The standard InChI is InChI=1S/C25H28ClFN4O2/c1-30-23(29)21(24(32)31-18-7-8-20(27)19(26)11-18)22(28)14-9-15-12-25(33,13-16(15)10-14)17-5-3-2-4-6-17/h2-8,11,14-16,33H,9-10,12-13,28H2,1H3,(H2,29,30)(H,31,32)/b22-21+. The van der Waals surface area contributed by atoms with Crippen LogP contribution in [0, 0.1) is 23.6 Å². The van der Waals surface area contributed by atoms with Crippen molar-refractivity contribution in [2.24, 2.45) is 34.2 Å². The minimum absolute atomic E-state index is 0.0380. The minimum Gasteiger partial charge on any atom is -0.401 e. The van der Waals surface area contributed by atoms with E-state index in [1.165, 1.54) is 25.2 Å². The molecule has 0 heterocycles. The van der Waals surface area contributed by atoms with Crippen LogP contribution in [-0.4, -0.2) is 23.9 Å². The lowest BCUT2D eigenvalue weighted by atomic mass is 9.87. The van der Waals surface area contributed by atoms with Gasteiger partial charge in [0.1, 0.15) is 17.2 Å². The number of aliphatic hydroxyl groups is 1. The maximum absolute atomic E-state index is 13.5. The SMILES string of the molecule is CN=C(N)/C(C(=O)Nc1ccc(F)c(Cl)c1)=C(\N)C1CC2CC(O)(c3ccccc3)CC2C1. The summed E-state index contributed by atoms with van der Waals surface area (Å²) in [7, 11) is 1.49. The molecule has 2 fully saturated rings. The van der Waals surface area contributed by atoms with Crippen LogP contribution in [0.2, 0.25) is 5.02 Å². The highest BCUT2D eigenvalue weighted by molar-refractivity contribution is 6.31. The molecule has 8 heteroatoms. The summed E-state index contributed by atoms with van der Waals surface area (Å²) in [5.74, 6) is -0.490. The Bertz CT molecular complexity index is 1100. The van der Waals surface area contributed by atoms with Crippen LogP contribution in [0.5, 0.6) is 0 Å². The first-order chi connectivity index (χ1) is 15.7. The Hall–Kier alpha value is -2.90. The summed E-state index contributed by atoms with van der Waals surface area (Å²) in [5.41, 5.74) is 13.5. The molecule has 2 saturated carbocycles. The molecule has 0 spiro atoms. The second kappa shape index (κ2) is 9.15. The van der Waals surface area contributed by atoms with Crippen molar-refractivity contribution in [3.63, 3.8) is 0 Å². The van der Waals surface area contributed by atoms with Gasteiger partial charge >= 0.3 is 0 Å².